The quantitative estimate of drug-likeness (QED) is 0.162. The first-order valence-corrected chi connectivity index (χ1v) is 19.3. The number of hydrogen-bond acceptors (Lipinski definition) is 3. The van der Waals surface area contributed by atoms with Crippen molar-refractivity contribution in [2.75, 3.05) is 0 Å². The van der Waals surface area contributed by atoms with E-state index < -0.39 is 13.7 Å². The van der Waals surface area contributed by atoms with Gasteiger partial charge in [-0.05, 0) is 88.9 Å². The Kier molecular flexibility index (Phi) is 8.91. The summed E-state index contributed by atoms with van der Waals surface area (Å²) in [4.78, 5) is 10.2. The van der Waals surface area contributed by atoms with E-state index in [1.807, 2.05) is 126 Å². The van der Waals surface area contributed by atoms with Crippen molar-refractivity contribution < 1.29 is 34.4 Å². The second-order valence-corrected chi connectivity index (χ2v) is 15.6. The molecule has 0 aliphatic heterocycles. The molecule has 2 heterocycles. The van der Waals surface area contributed by atoms with Gasteiger partial charge in [0.2, 0.25) is 0 Å². The van der Waals surface area contributed by atoms with E-state index >= 15 is 0 Å². The average molecular weight is 952 g/mol. The van der Waals surface area contributed by atoms with E-state index in [-0.39, 0.29) is 43.4 Å². The molecule has 0 bridgehead atoms. The molecule has 9 aromatic rings. The fourth-order valence-electron chi connectivity index (χ4n) is 7.59. The van der Waals surface area contributed by atoms with Crippen LogP contribution in [0.1, 0.15) is 45.7 Å². The molecule has 59 heavy (non-hydrogen) atoms. The maximum Gasteiger partial charge on any atom is 0.148 e. The van der Waals surface area contributed by atoms with Gasteiger partial charge >= 0.3 is 0 Å². The number of aromatic nitrogens is 3. The molecule has 0 aliphatic rings. The third kappa shape index (κ3) is 7.69. The molecule has 0 aliphatic carbocycles. The number of hydrogen-bond donors (Lipinski definition) is 1. The van der Waals surface area contributed by atoms with E-state index in [4.69, 9.17) is 18.2 Å². The summed E-state index contributed by atoms with van der Waals surface area (Å²) in [6.45, 7) is 1.87. The van der Waals surface area contributed by atoms with Gasteiger partial charge in [-0.15, -0.1) is 29.3 Å². The van der Waals surface area contributed by atoms with Crippen LogP contribution in [-0.4, -0.2) is 19.6 Å². The zero-order valence-corrected chi connectivity index (χ0v) is 35.0. The summed E-state index contributed by atoms with van der Waals surface area (Å²) in [5, 5.41) is 11.5. The van der Waals surface area contributed by atoms with Crippen LogP contribution < -0.4 is 0 Å². The first-order chi connectivity index (χ1) is 30.5. The summed E-state index contributed by atoms with van der Waals surface area (Å²) in [5.41, 5.74) is 11.6. The van der Waals surface area contributed by atoms with Gasteiger partial charge < -0.3 is 5.11 Å². The molecule has 2 aromatic heterocycles. The van der Waals surface area contributed by atoms with Crippen LogP contribution in [0.4, 0.5) is 0 Å². The molecule has 9 rings (SSSR count). The second kappa shape index (κ2) is 16.1. The molecule has 292 valence electrons. The molecule has 7 aromatic carbocycles. The molecule has 0 spiro atoms. The maximum absolute atomic E-state index is 11.5. The minimum absolute atomic E-state index is 0. The van der Waals surface area contributed by atoms with Crippen molar-refractivity contribution >= 4 is 11.0 Å². The summed E-state index contributed by atoms with van der Waals surface area (Å²) in [7, 11) is 0. The molecule has 5 heteroatoms. The van der Waals surface area contributed by atoms with E-state index in [9.17, 15) is 5.11 Å². The topological polar surface area (TPSA) is 50.9 Å². The summed E-state index contributed by atoms with van der Waals surface area (Å²) in [5.74, 6) is 0.524. The first kappa shape index (κ1) is 32.6. The molecule has 0 atom stereocenters. The Hall–Kier alpha value is -6.35. The van der Waals surface area contributed by atoms with Gasteiger partial charge in [-0.2, -0.15) is 0 Å². The molecule has 0 saturated heterocycles. The largest absolute Gasteiger partial charge is 0.507 e. The molecular weight excluding hydrogens is 902 g/mol. The minimum atomic E-state index is -2.43. The smallest absolute Gasteiger partial charge is 0.148 e. The van der Waals surface area contributed by atoms with Gasteiger partial charge in [-0.3, -0.25) is 9.55 Å². The predicted molar refractivity (Wildman–Crippen MR) is 240 cm³/mol. The SMILES string of the molecule is [2H]C([2H])([2H])c1ccc(-c2ccnc(-c3[c-]c(-c4cccc5c4nc(-c4ccccc4O)n5-c4cc(-c5ccccc5)c(C([2H])([2H])[2H])cc4-c4ccccc4)cc(C(C)(C)C)c3)c2)cc1.[Pt]. The number of fused-ring (bicyclic) bond motifs is 1. The number of phenols is 1. The molecule has 0 amide bonds. The average Bonchev–Trinajstić information content (AvgIpc) is 3.68. The van der Waals surface area contributed by atoms with Crippen molar-refractivity contribution in [2.45, 2.75) is 39.9 Å². The number of aromatic hydroxyl groups is 1. The van der Waals surface area contributed by atoms with Crippen molar-refractivity contribution in [1.29, 1.82) is 0 Å². The number of pyridine rings is 1. The Morgan fingerprint density at radius 3 is 1.97 bits per heavy atom. The van der Waals surface area contributed by atoms with Gasteiger partial charge in [-0.25, -0.2) is 4.98 Å². The van der Waals surface area contributed by atoms with Crippen molar-refractivity contribution in [3.05, 3.63) is 193 Å². The van der Waals surface area contributed by atoms with Gasteiger partial charge in [0.05, 0.1) is 22.3 Å². The zero-order valence-electron chi connectivity index (χ0n) is 38.8. The third-order valence-corrected chi connectivity index (χ3v) is 10.7. The fraction of sp³-hybridized carbons (Fsp3) is 0.111. The van der Waals surface area contributed by atoms with Crippen LogP contribution in [-0.2, 0) is 26.5 Å². The molecule has 0 fully saturated rings. The van der Waals surface area contributed by atoms with Gasteiger partial charge in [0.25, 0.3) is 0 Å². The monoisotopic (exact) mass is 951 g/mol. The van der Waals surface area contributed by atoms with E-state index in [1.165, 1.54) is 0 Å². The van der Waals surface area contributed by atoms with E-state index in [2.05, 4.69) is 39.0 Å². The van der Waals surface area contributed by atoms with Crippen molar-refractivity contribution in [3.63, 3.8) is 0 Å². The summed E-state index contributed by atoms with van der Waals surface area (Å²) in [6.07, 6.45) is 1.76. The summed E-state index contributed by atoms with van der Waals surface area (Å²) in [6, 6.07) is 54.9. The molecule has 1 N–H and O–H groups in total. The van der Waals surface area contributed by atoms with Crippen LogP contribution in [0.25, 0.3) is 83.9 Å². The summed E-state index contributed by atoms with van der Waals surface area (Å²) < 4.78 is 51.6. The van der Waals surface area contributed by atoms with Crippen LogP contribution in [0.2, 0.25) is 0 Å². The molecule has 0 unspecified atom stereocenters. The van der Waals surface area contributed by atoms with E-state index in [0.717, 1.165) is 50.0 Å². The Morgan fingerprint density at radius 2 is 1.27 bits per heavy atom. The van der Waals surface area contributed by atoms with Crippen LogP contribution >= 0.6 is 0 Å². The standard InChI is InChI=1S/C54H44N3O.Pt/c1-35-23-25-37(26-24-35)40-27-28-55-48(33-40)42-30-41(31-43(32-42)54(3,4)5)44-20-14-21-49-52(44)56-53(45-19-12-13-22-51(45)58)57(49)50-34-46(38-15-8-6-9-16-38)36(2)29-47(50)39-17-10-7-11-18-39;/h6-29,31-34,58H,1-5H3;/q-1;/i1D3,2D3;. The Morgan fingerprint density at radius 1 is 0.593 bits per heavy atom. The molecule has 4 nitrogen and oxygen atoms in total. The maximum atomic E-state index is 11.5. The van der Waals surface area contributed by atoms with E-state index in [1.54, 1.807) is 36.5 Å². The first-order valence-electron chi connectivity index (χ1n) is 22.3. The van der Waals surface area contributed by atoms with Gasteiger partial charge in [0, 0.05) is 46.7 Å². The van der Waals surface area contributed by atoms with Crippen LogP contribution in [0, 0.1) is 19.8 Å². The van der Waals surface area contributed by atoms with Crippen LogP contribution in [0.3, 0.4) is 0 Å². The minimum Gasteiger partial charge on any atom is -0.507 e. The molecular formula is C54H44N3OPt-. The van der Waals surface area contributed by atoms with Crippen LogP contribution in [0.5, 0.6) is 5.75 Å². The van der Waals surface area contributed by atoms with Crippen molar-refractivity contribution in [2.24, 2.45) is 0 Å². The zero-order chi connectivity index (χ0) is 45.0. The number of benzene rings is 7. The number of rotatable bonds is 7. The Balaban J connectivity index is 0.00000576. The number of aryl methyl sites for hydroxylation is 2. The Labute approximate surface area is 369 Å². The molecule has 0 saturated carbocycles. The van der Waals surface area contributed by atoms with Crippen molar-refractivity contribution in [3.8, 4) is 78.6 Å². The summed E-state index contributed by atoms with van der Waals surface area (Å²) >= 11 is 0. The Bertz CT molecular complexity index is 3170. The number of nitrogens with zero attached hydrogens (tertiary/aromatic N) is 3. The van der Waals surface area contributed by atoms with Gasteiger partial charge in [0.15, 0.2) is 0 Å². The predicted octanol–water partition coefficient (Wildman–Crippen LogP) is 13.8. The normalized spacial score (nSPS) is 13.3. The second-order valence-electron chi connectivity index (χ2n) is 15.6. The number of phenolic OH excluding ortho intramolecular Hbond substituents is 1. The van der Waals surface area contributed by atoms with E-state index in [0.29, 0.717) is 39.4 Å². The third-order valence-electron chi connectivity index (χ3n) is 10.7. The van der Waals surface area contributed by atoms with Crippen molar-refractivity contribution in [1.82, 2.24) is 14.5 Å². The van der Waals surface area contributed by atoms with Gasteiger partial charge in [-0.1, -0.05) is 153 Å². The fourth-order valence-corrected chi connectivity index (χ4v) is 7.59. The molecule has 0 radical (unpaired) electrons. The number of imidazole rings is 1. The number of para-hydroxylation sites is 2. The van der Waals surface area contributed by atoms with Gasteiger partial charge in [0.1, 0.15) is 11.6 Å². The van der Waals surface area contributed by atoms with Crippen LogP contribution in [0.15, 0.2) is 170 Å².